The van der Waals surface area contributed by atoms with E-state index in [9.17, 15) is 0 Å². The van der Waals surface area contributed by atoms with Crippen LogP contribution in [0.15, 0.2) is 224 Å². The van der Waals surface area contributed by atoms with Crippen molar-refractivity contribution in [3.8, 4) is 66.8 Å². The van der Waals surface area contributed by atoms with E-state index in [1.54, 1.807) is 0 Å². The fourth-order valence-corrected chi connectivity index (χ4v) is 8.82. The van der Waals surface area contributed by atoms with Gasteiger partial charge in [0.25, 0.3) is 0 Å². The van der Waals surface area contributed by atoms with Gasteiger partial charge >= 0.3 is 0 Å². The first kappa shape index (κ1) is 35.2. The molecule has 58 heavy (non-hydrogen) atoms. The van der Waals surface area contributed by atoms with Crippen LogP contribution in [-0.4, -0.2) is 0 Å². The van der Waals surface area contributed by atoms with Crippen LogP contribution in [0.4, 0.5) is 17.1 Å². The van der Waals surface area contributed by atoms with Gasteiger partial charge in [0.15, 0.2) is 0 Å². The summed E-state index contributed by atoms with van der Waals surface area (Å²) in [4.78, 5) is 2.42. The normalized spacial score (nSPS) is 12.4. The highest BCUT2D eigenvalue weighted by Crippen LogP contribution is 2.51. The highest BCUT2D eigenvalue weighted by molar-refractivity contribution is 5.91. The first-order chi connectivity index (χ1) is 28.5. The van der Waals surface area contributed by atoms with Crippen molar-refractivity contribution in [1.82, 2.24) is 0 Å². The summed E-state index contributed by atoms with van der Waals surface area (Å²) < 4.78 is 0. The summed E-state index contributed by atoms with van der Waals surface area (Å²) in [7, 11) is 0. The van der Waals surface area contributed by atoms with E-state index in [1.807, 2.05) is 0 Å². The molecule has 0 aliphatic heterocycles. The van der Waals surface area contributed by atoms with Crippen molar-refractivity contribution in [3.63, 3.8) is 0 Å². The molecule has 0 unspecified atom stereocenters. The average Bonchev–Trinajstić information content (AvgIpc) is 3.53. The molecule has 0 N–H and O–H groups in total. The zero-order valence-electron chi connectivity index (χ0n) is 32.8. The summed E-state index contributed by atoms with van der Waals surface area (Å²) in [5.41, 5.74) is 20.7. The Labute approximate surface area is 342 Å². The van der Waals surface area contributed by atoms with Crippen molar-refractivity contribution < 1.29 is 0 Å². The molecule has 0 atom stereocenters. The Morgan fingerprint density at radius 3 is 1.17 bits per heavy atom. The molecule has 1 heteroatoms. The molecule has 1 nitrogen and oxygen atoms in total. The minimum atomic E-state index is -0.111. The van der Waals surface area contributed by atoms with Gasteiger partial charge in [-0.15, -0.1) is 0 Å². The Bertz CT molecular complexity index is 2850. The summed E-state index contributed by atoms with van der Waals surface area (Å²) in [6.07, 6.45) is 0. The van der Waals surface area contributed by atoms with Crippen LogP contribution in [0.1, 0.15) is 25.0 Å². The lowest BCUT2D eigenvalue weighted by atomic mass is 9.82. The van der Waals surface area contributed by atoms with E-state index in [0.29, 0.717) is 0 Å². The largest absolute Gasteiger partial charge is 0.310 e. The van der Waals surface area contributed by atoms with Crippen molar-refractivity contribution in [2.24, 2.45) is 0 Å². The first-order valence-electron chi connectivity index (χ1n) is 20.2. The molecule has 0 saturated heterocycles. The van der Waals surface area contributed by atoms with Gasteiger partial charge in [-0.2, -0.15) is 0 Å². The maximum atomic E-state index is 2.42. The molecule has 0 spiro atoms. The van der Waals surface area contributed by atoms with Gasteiger partial charge in [0, 0.05) is 22.5 Å². The molecule has 0 aromatic heterocycles. The highest BCUT2D eigenvalue weighted by Gasteiger charge is 2.35. The molecule has 0 radical (unpaired) electrons. The zero-order chi connectivity index (χ0) is 39.1. The second kappa shape index (κ2) is 14.7. The van der Waals surface area contributed by atoms with Crippen LogP contribution in [0.2, 0.25) is 0 Å². The summed E-state index contributed by atoms with van der Waals surface area (Å²) in [5.74, 6) is 0. The van der Waals surface area contributed by atoms with Crippen molar-refractivity contribution in [3.05, 3.63) is 236 Å². The maximum Gasteiger partial charge on any atom is 0.0468 e. The quantitative estimate of drug-likeness (QED) is 0.150. The zero-order valence-corrected chi connectivity index (χ0v) is 32.8. The van der Waals surface area contributed by atoms with Crippen molar-refractivity contribution in [1.29, 1.82) is 0 Å². The molecule has 1 aliphatic carbocycles. The first-order valence-corrected chi connectivity index (χ1v) is 20.2. The van der Waals surface area contributed by atoms with Crippen molar-refractivity contribution >= 4 is 17.1 Å². The Hall–Kier alpha value is -7.22. The second-order valence-electron chi connectivity index (χ2n) is 15.8. The molecule has 10 rings (SSSR count). The number of nitrogens with zero attached hydrogens (tertiary/aromatic N) is 1. The third-order valence-electron chi connectivity index (χ3n) is 11.9. The molecular weight excluding hydrogens is 699 g/mol. The number of hydrogen-bond acceptors (Lipinski definition) is 1. The number of rotatable bonds is 8. The SMILES string of the molecule is CC1(C)c2ccccc2-c2ccc(N(c3ccc(-c4ccccc4)cc3)c3ccc(-c4ccc(-c5ccc(-c6ccccc6)cc5)cc4)c(-c4ccccc4)c3)cc21. The molecule has 9 aromatic carbocycles. The van der Waals surface area contributed by atoms with Gasteiger partial charge < -0.3 is 4.90 Å². The molecular formula is C57H43N. The summed E-state index contributed by atoms with van der Waals surface area (Å²) in [5, 5.41) is 0. The van der Waals surface area contributed by atoms with Crippen molar-refractivity contribution in [2.45, 2.75) is 19.3 Å². The van der Waals surface area contributed by atoms with Crippen LogP contribution in [0.25, 0.3) is 66.8 Å². The molecule has 1 aliphatic rings. The predicted octanol–water partition coefficient (Wildman–Crippen LogP) is 15.8. The molecule has 0 amide bonds. The third kappa shape index (κ3) is 6.41. The molecule has 9 aromatic rings. The number of anilines is 3. The Kier molecular flexibility index (Phi) is 8.92. The number of benzene rings is 9. The number of hydrogen-bond donors (Lipinski definition) is 0. The van der Waals surface area contributed by atoms with E-state index in [4.69, 9.17) is 0 Å². The third-order valence-corrected chi connectivity index (χ3v) is 11.9. The summed E-state index contributed by atoms with van der Waals surface area (Å²) in [6.45, 7) is 4.71. The Morgan fingerprint density at radius 2 is 0.621 bits per heavy atom. The predicted molar refractivity (Wildman–Crippen MR) is 246 cm³/mol. The van der Waals surface area contributed by atoms with Crippen LogP contribution in [-0.2, 0) is 5.41 Å². The van der Waals surface area contributed by atoms with Crippen LogP contribution in [0.3, 0.4) is 0 Å². The van der Waals surface area contributed by atoms with E-state index >= 15 is 0 Å². The van der Waals surface area contributed by atoms with Gasteiger partial charge in [-0.05, 0) is 114 Å². The monoisotopic (exact) mass is 741 g/mol. The molecule has 0 saturated carbocycles. The summed E-state index contributed by atoms with van der Waals surface area (Å²) >= 11 is 0. The molecule has 276 valence electrons. The molecule has 0 bridgehead atoms. The van der Waals surface area contributed by atoms with E-state index in [1.165, 1.54) is 77.9 Å². The minimum absolute atomic E-state index is 0.111. The van der Waals surface area contributed by atoms with Gasteiger partial charge in [-0.1, -0.05) is 202 Å². The van der Waals surface area contributed by atoms with Crippen LogP contribution in [0, 0.1) is 0 Å². The minimum Gasteiger partial charge on any atom is -0.310 e. The van der Waals surface area contributed by atoms with Crippen LogP contribution >= 0.6 is 0 Å². The van der Waals surface area contributed by atoms with Gasteiger partial charge in [0.2, 0.25) is 0 Å². The maximum absolute atomic E-state index is 2.42. The van der Waals surface area contributed by atoms with Gasteiger partial charge in [-0.3, -0.25) is 0 Å². The molecule has 0 fully saturated rings. The highest BCUT2D eigenvalue weighted by atomic mass is 15.1. The standard InChI is InChI=1S/C57H43N/c1-57(2)55-21-13-12-20-52(55)53-37-35-50(39-56(53)57)58(48-32-30-45(31-33-48)41-16-8-4-9-17-41)49-34-36-51(54(38-49)46-18-10-5-11-19-46)47-28-26-44(27-29-47)43-24-22-42(23-25-43)40-14-6-3-7-15-40/h3-39H,1-2H3. The molecule has 0 heterocycles. The van der Waals surface area contributed by atoms with E-state index < -0.39 is 0 Å². The lowest BCUT2D eigenvalue weighted by Gasteiger charge is -2.29. The average molecular weight is 742 g/mol. The fourth-order valence-electron chi connectivity index (χ4n) is 8.82. The Morgan fingerprint density at radius 1 is 0.259 bits per heavy atom. The van der Waals surface area contributed by atoms with E-state index in [2.05, 4.69) is 243 Å². The van der Waals surface area contributed by atoms with E-state index in [-0.39, 0.29) is 5.41 Å². The summed E-state index contributed by atoms with van der Waals surface area (Å²) in [6, 6.07) is 81.8. The fraction of sp³-hybridized carbons (Fsp3) is 0.0526. The van der Waals surface area contributed by atoms with Gasteiger partial charge in [-0.25, -0.2) is 0 Å². The second-order valence-corrected chi connectivity index (χ2v) is 15.8. The lowest BCUT2D eigenvalue weighted by Crippen LogP contribution is -2.16. The van der Waals surface area contributed by atoms with Crippen LogP contribution in [0.5, 0.6) is 0 Å². The van der Waals surface area contributed by atoms with Gasteiger partial charge in [0.1, 0.15) is 0 Å². The van der Waals surface area contributed by atoms with Gasteiger partial charge in [0.05, 0.1) is 0 Å². The van der Waals surface area contributed by atoms with Crippen LogP contribution < -0.4 is 4.90 Å². The van der Waals surface area contributed by atoms with Crippen molar-refractivity contribution in [2.75, 3.05) is 4.90 Å². The Balaban J connectivity index is 1.07. The number of fused-ring (bicyclic) bond motifs is 3. The topological polar surface area (TPSA) is 3.24 Å². The smallest absolute Gasteiger partial charge is 0.0468 e. The van der Waals surface area contributed by atoms with E-state index in [0.717, 1.165) is 17.1 Å². The lowest BCUT2D eigenvalue weighted by molar-refractivity contribution is 0.660.